The summed E-state index contributed by atoms with van der Waals surface area (Å²) in [5, 5.41) is 2.75. The molecule has 0 aliphatic heterocycles. The molecule has 0 heterocycles. The number of anilines is 2. The molecule has 0 radical (unpaired) electrons. The smallest absolute Gasteiger partial charge is 0.231 e. The quantitative estimate of drug-likeness (QED) is 0.912. The highest BCUT2D eigenvalue weighted by molar-refractivity contribution is 5.96. The average molecular weight is 322 g/mol. The Morgan fingerprint density at radius 3 is 2.42 bits per heavy atom. The van der Waals surface area contributed by atoms with Gasteiger partial charge in [0.2, 0.25) is 11.8 Å². The highest BCUT2D eigenvalue weighted by Crippen LogP contribution is 2.33. The summed E-state index contributed by atoms with van der Waals surface area (Å²) in [5.41, 5.74) is 3.84. The normalized spacial score (nSPS) is 13.4. The van der Waals surface area contributed by atoms with Gasteiger partial charge in [-0.25, -0.2) is 0 Å². The molecule has 1 saturated carbocycles. The van der Waals surface area contributed by atoms with Crippen molar-refractivity contribution in [2.45, 2.75) is 39.2 Å². The molecule has 1 aliphatic rings. The zero-order valence-corrected chi connectivity index (χ0v) is 14.1. The number of carbonyl (C=O) groups is 2. The molecular formula is C20H22N2O2. The minimum atomic E-state index is -0.0997. The van der Waals surface area contributed by atoms with Crippen LogP contribution in [0, 0.1) is 6.92 Å². The number of amides is 2. The van der Waals surface area contributed by atoms with Crippen molar-refractivity contribution in [1.82, 2.24) is 0 Å². The third-order valence-corrected chi connectivity index (χ3v) is 4.08. The Labute approximate surface area is 142 Å². The molecule has 4 nitrogen and oxygen atoms in total. The van der Waals surface area contributed by atoms with Crippen molar-refractivity contribution in [3.8, 4) is 0 Å². The Hall–Kier alpha value is -2.62. The Balaban J connectivity index is 1.77. The molecule has 2 amide bonds. The van der Waals surface area contributed by atoms with Crippen LogP contribution in [0.3, 0.4) is 0 Å². The SMILES string of the molecule is CC(=O)Nc1ccc(N(C(=O)Cc2cccc(C)c2)C2CC2)cc1. The molecule has 24 heavy (non-hydrogen) atoms. The third kappa shape index (κ3) is 4.02. The minimum absolute atomic E-state index is 0.0997. The molecule has 1 N–H and O–H groups in total. The van der Waals surface area contributed by atoms with E-state index in [0.29, 0.717) is 12.5 Å². The van der Waals surface area contributed by atoms with Gasteiger partial charge < -0.3 is 10.2 Å². The van der Waals surface area contributed by atoms with Crippen LogP contribution < -0.4 is 10.2 Å². The van der Waals surface area contributed by atoms with Gasteiger partial charge in [-0.3, -0.25) is 9.59 Å². The lowest BCUT2D eigenvalue weighted by atomic mass is 10.1. The molecule has 0 spiro atoms. The maximum absolute atomic E-state index is 12.8. The fourth-order valence-corrected chi connectivity index (χ4v) is 2.88. The first-order chi connectivity index (χ1) is 11.5. The van der Waals surface area contributed by atoms with Crippen molar-refractivity contribution >= 4 is 23.2 Å². The van der Waals surface area contributed by atoms with Gasteiger partial charge in [0.1, 0.15) is 0 Å². The highest BCUT2D eigenvalue weighted by Gasteiger charge is 2.33. The van der Waals surface area contributed by atoms with Crippen molar-refractivity contribution in [3.05, 3.63) is 59.7 Å². The van der Waals surface area contributed by atoms with Gasteiger partial charge >= 0.3 is 0 Å². The van der Waals surface area contributed by atoms with Gasteiger partial charge in [-0.15, -0.1) is 0 Å². The van der Waals surface area contributed by atoms with E-state index >= 15 is 0 Å². The predicted molar refractivity (Wildman–Crippen MR) is 96.1 cm³/mol. The zero-order chi connectivity index (χ0) is 17.1. The Morgan fingerprint density at radius 2 is 1.83 bits per heavy atom. The van der Waals surface area contributed by atoms with Gasteiger partial charge in [-0.05, 0) is 49.6 Å². The predicted octanol–water partition coefficient (Wildman–Crippen LogP) is 3.69. The van der Waals surface area contributed by atoms with Crippen molar-refractivity contribution in [3.63, 3.8) is 0 Å². The van der Waals surface area contributed by atoms with Crippen LogP contribution >= 0.6 is 0 Å². The van der Waals surface area contributed by atoms with Gasteiger partial charge in [-0.1, -0.05) is 29.8 Å². The van der Waals surface area contributed by atoms with Gasteiger partial charge in [-0.2, -0.15) is 0 Å². The van der Waals surface area contributed by atoms with E-state index in [1.54, 1.807) is 0 Å². The number of nitrogens with one attached hydrogen (secondary N) is 1. The zero-order valence-electron chi connectivity index (χ0n) is 14.1. The summed E-state index contributed by atoms with van der Waals surface area (Å²) < 4.78 is 0. The average Bonchev–Trinajstić information content (AvgIpc) is 3.33. The minimum Gasteiger partial charge on any atom is -0.326 e. The Morgan fingerprint density at radius 1 is 1.12 bits per heavy atom. The van der Waals surface area contributed by atoms with E-state index in [1.165, 1.54) is 6.92 Å². The molecule has 2 aromatic carbocycles. The van der Waals surface area contributed by atoms with Crippen LogP contribution in [0.1, 0.15) is 30.9 Å². The summed E-state index contributed by atoms with van der Waals surface area (Å²) in [6.45, 7) is 3.52. The Bertz CT molecular complexity index is 748. The summed E-state index contributed by atoms with van der Waals surface area (Å²) >= 11 is 0. The monoisotopic (exact) mass is 322 g/mol. The fraction of sp³-hybridized carbons (Fsp3) is 0.300. The van der Waals surface area contributed by atoms with Crippen LogP contribution in [-0.2, 0) is 16.0 Å². The van der Waals surface area contributed by atoms with Crippen LogP contribution in [0.25, 0.3) is 0 Å². The Kier molecular flexibility index (Phi) is 4.65. The number of hydrogen-bond acceptors (Lipinski definition) is 2. The lowest BCUT2D eigenvalue weighted by Crippen LogP contribution is -2.34. The highest BCUT2D eigenvalue weighted by atomic mass is 16.2. The van der Waals surface area contributed by atoms with Crippen LogP contribution in [-0.4, -0.2) is 17.9 Å². The largest absolute Gasteiger partial charge is 0.326 e. The second-order valence-electron chi connectivity index (χ2n) is 6.39. The number of aryl methyl sites for hydroxylation is 1. The fourth-order valence-electron chi connectivity index (χ4n) is 2.88. The van der Waals surface area contributed by atoms with Crippen LogP contribution in [0.4, 0.5) is 11.4 Å². The molecule has 0 saturated heterocycles. The summed E-state index contributed by atoms with van der Waals surface area (Å²) in [6.07, 6.45) is 2.51. The second-order valence-corrected chi connectivity index (χ2v) is 6.39. The molecule has 4 heteroatoms. The second kappa shape index (κ2) is 6.87. The first-order valence-corrected chi connectivity index (χ1v) is 8.28. The lowest BCUT2D eigenvalue weighted by Gasteiger charge is -2.23. The molecule has 0 atom stereocenters. The van der Waals surface area contributed by atoms with Crippen molar-refractivity contribution < 1.29 is 9.59 Å². The first-order valence-electron chi connectivity index (χ1n) is 8.28. The molecule has 124 valence electrons. The van der Waals surface area contributed by atoms with Gasteiger partial charge in [0, 0.05) is 24.3 Å². The van der Waals surface area contributed by atoms with E-state index in [2.05, 4.69) is 11.4 Å². The van der Waals surface area contributed by atoms with Gasteiger partial charge in [0.05, 0.1) is 6.42 Å². The van der Waals surface area contributed by atoms with E-state index in [1.807, 2.05) is 54.3 Å². The van der Waals surface area contributed by atoms with Crippen molar-refractivity contribution in [2.75, 3.05) is 10.2 Å². The van der Waals surface area contributed by atoms with Crippen LogP contribution in [0.5, 0.6) is 0 Å². The van der Waals surface area contributed by atoms with Gasteiger partial charge in [0.15, 0.2) is 0 Å². The summed E-state index contributed by atoms with van der Waals surface area (Å²) in [6, 6.07) is 15.9. The van der Waals surface area contributed by atoms with Crippen molar-refractivity contribution in [1.29, 1.82) is 0 Å². The molecule has 3 rings (SSSR count). The molecule has 1 fully saturated rings. The summed E-state index contributed by atoms with van der Waals surface area (Å²) in [5.74, 6) is 0.0210. The van der Waals surface area contributed by atoms with E-state index in [0.717, 1.165) is 35.3 Å². The standard InChI is InChI=1S/C20H22N2O2/c1-14-4-3-5-16(12-14)13-20(24)22(19-10-11-19)18-8-6-17(7-9-18)21-15(2)23/h3-9,12,19H,10-11,13H2,1-2H3,(H,21,23). The number of rotatable bonds is 5. The van der Waals surface area contributed by atoms with Crippen LogP contribution in [0.2, 0.25) is 0 Å². The number of carbonyl (C=O) groups excluding carboxylic acids is 2. The van der Waals surface area contributed by atoms with Crippen LogP contribution in [0.15, 0.2) is 48.5 Å². The van der Waals surface area contributed by atoms with E-state index in [-0.39, 0.29) is 11.8 Å². The number of nitrogens with zero attached hydrogens (tertiary/aromatic N) is 1. The van der Waals surface area contributed by atoms with Crippen molar-refractivity contribution in [2.24, 2.45) is 0 Å². The summed E-state index contributed by atoms with van der Waals surface area (Å²) in [4.78, 5) is 25.8. The molecule has 1 aliphatic carbocycles. The maximum Gasteiger partial charge on any atom is 0.231 e. The first kappa shape index (κ1) is 16.2. The lowest BCUT2D eigenvalue weighted by molar-refractivity contribution is -0.118. The molecule has 0 bridgehead atoms. The topological polar surface area (TPSA) is 49.4 Å². The third-order valence-electron chi connectivity index (χ3n) is 4.08. The van der Waals surface area contributed by atoms with Gasteiger partial charge in [0.25, 0.3) is 0 Å². The number of benzene rings is 2. The molecule has 0 aromatic heterocycles. The maximum atomic E-state index is 12.8. The van der Waals surface area contributed by atoms with E-state index in [9.17, 15) is 9.59 Å². The van der Waals surface area contributed by atoms with E-state index in [4.69, 9.17) is 0 Å². The molecule has 0 unspecified atom stereocenters. The molecule has 2 aromatic rings. The number of hydrogen-bond donors (Lipinski definition) is 1. The molecular weight excluding hydrogens is 300 g/mol. The summed E-state index contributed by atoms with van der Waals surface area (Å²) in [7, 11) is 0. The van der Waals surface area contributed by atoms with E-state index < -0.39 is 0 Å².